The Balaban J connectivity index is 2.07. The second-order valence-electron chi connectivity index (χ2n) is 4.13. The van der Waals surface area contributed by atoms with Crippen molar-refractivity contribution in [2.45, 2.75) is 6.92 Å². The fourth-order valence-electron chi connectivity index (χ4n) is 1.72. The monoisotopic (exact) mass is 322 g/mol. The van der Waals surface area contributed by atoms with Crippen LogP contribution in [0.5, 0.6) is 5.75 Å². The molecule has 0 atom stereocenters. The van der Waals surface area contributed by atoms with E-state index in [0.717, 1.165) is 5.56 Å². The molecule has 0 spiro atoms. The van der Waals surface area contributed by atoms with E-state index in [9.17, 15) is 9.18 Å². The van der Waals surface area contributed by atoms with Gasteiger partial charge in [0, 0.05) is 16.1 Å². The number of halogens is 2. The average Bonchev–Trinajstić information content (AvgIpc) is 2.35. The van der Waals surface area contributed by atoms with Crippen molar-refractivity contribution in [3.8, 4) is 5.75 Å². The van der Waals surface area contributed by atoms with Crippen LogP contribution in [0.15, 0.2) is 46.9 Å². The Morgan fingerprint density at radius 1 is 1.26 bits per heavy atom. The summed E-state index contributed by atoms with van der Waals surface area (Å²) >= 11 is 3.17. The molecule has 0 amide bonds. The summed E-state index contributed by atoms with van der Waals surface area (Å²) in [4.78, 5) is 12.0. The Morgan fingerprint density at radius 2 is 2.00 bits per heavy atom. The number of aryl methyl sites for hydroxylation is 1. The second kappa shape index (κ2) is 5.97. The summed E-state index contributed by atoms with van der Waals surface area (Å²) in [5.74, 6) is -0.208. The standard InChI is InChI=1S/C15H12BrFO2/c1-10-4-2-3-5-14(10)15(18)9-19-13-7-11(16)6-12(17)8-13/h2-8H,9H2,1H3. The predicted octanol–water partition coefficient (Wildman–Crippen LogP) is 4.16. The number of carbonyl (C=O) groups is 1. The zero-order valence-electron chi connectivity index (χ0n) is 10.3. The van der Waals surface area contributed by atoms with Gasteiger partial charge in [0.1, 0.15) is 11.6 Å². The number of carbonyl (C=O) groups excluding carboxylic acids is 1. The molecule has 0 unspecified atom stereocenters. The Bertz CT molecular complexity index is 591. The van der Waals surface area contributed by atoms with Crippen molar-refractivity contribution in [1.82, 2.24) is 0 Å². The minimum Gasteiger partial charge on any atom is -0.485 e. The molecule has 0 aliphatic heterocycles. The fourth-order valence-corrected chi connectivity index (χ4v) is 2.17. The van der Waals surface area contributed by atoms with Crippen LogP contribution in [-0.4, -0.2) is 12.4 Å². The van der Waals surface area contributed by atoms with Gasteiger partial charge in [-0.1, -0.05) is 40.2 Å². The van der Waals surface area contributed by atoms with Crippen LogP contribution in [0.1, 0.15) is 15.9 Å². The van der Waals surface area contributed by atoms with Crippen molar-refractivity contribution < 1.29 is 13.9 Å². The van der Waals surface area contributed by atoms with Gasteiger partial charge in [-0.3, -0.25) is 4.79 Å². The molecule has 2 nitrogen and oxygen atoms in total. The van der Waals surface area contributed by atoms with Crippen LogP contribution in [0.2, 0.25) is 0 Å². The molecule has 2 aromatic carbocycles. The summed E-state index contributed by atoms with van der Waals surface area (Å²) in [7, 11) is 0. The second-order valence-corrected chi connectivity index (χ2v) is 5.05. The summed E-state index contributed by atoms with van der Waals surface area (Å²) in [6.07, 6.45) is 0. The third-order valence-corrected chi connectivity index (χ3v) is 3.11. The SMILES string of the molecule is Cc1ccccc1C(=O)COc1cc(F)cc(Br)c1. The number of rotatable bonds is 4. The third kappa shape index (κ3) is 3.64. The Kier molecular flexibility index (Phi) is 4.32. The van der Waals surface area contributed by atoms with Crippen LogP contribution in [0.3, 0.4) is 0 Å². The maximum absolute atomic E-state index is 13.1. The molecule has 0 aliphatic carbocycles. The molecule has 0 saturated carbocycles. The van der Waals surface area contributed by atoms with Gasteiger partial charge in [0.25, 0.3) is 0 Å². The van der Waals surface area contributed by atoms with E-state index in [-0.39, 0.29) is 12.4 Å². The molecular weight excluding hydrogens is 311 g/mol. The van der Waals surface area contributed by atoms with E-state index < -0.39 is 5.82 Å². The van der Waals surface area contributed by atoms with E-state index >= 15 is 0 Å². The maximum atomic E-state index is 13.1. The minimum absolute atomic E-state index is 0.110. The van der Waals surface area contributed by atoms with E-state index in [4.69, 9.17) is 4.74 Å². The van der Waals surface area contributed by atoms with Crippen LogP contribution in [-0.2, 0) is 0 Å². The highest BCUT2D eigenvalue weighted by Gasteiger charge is 2.09. The van der Waals surface area contributed by atoms with Gasteiger partial charge in [-0.15, -0.1) is 0 Å². The molecule has 0 aromatic heterocycles. The molecule has 0 saturated heterocycles. The predicted molar refractivity (Wildman–Crippen MR) is 75.1 cm³/mol. The van der Waals surface area contributed by atoms with Crippen LogP contribution in [0.4, 0.5) is 4.39 Å². The number of benzene rings is 2. The molecule has 2 aromatic rings. The van der Waals surface area contributed by atoms with Gasteiger partial charge >= 0.3 is 0 Å². The lowest BCUT2D eigenvalue weighted by Crippen LogP contribution is -2.12. The summed E-state index contributed by atoms with van der Waals surface area (Å²) in [5.41, 5.74) is 1.52. The van der Waals surface area contributed by atoms with Crippen molar-refractivity contribution in [3.05, 3.63) is 63.9 Å². The molecule has 4 heteroatoms. The van der Waals surface area contributed by atoms with E-state index in [1.807, 2.05) is 19.1 Å². The maximum Gasteiger partial charge on any atom is 0.200 e. The Morgan fingerprint density at radius 3 is 2.68 bits per heavy atom. The highest BCUT2D eigenvalue weighted by Crippen LogP contribution is 2.21. The minimum atomic E-state index is -0.410. The summed E-state index contributed by atoms with van der Waals surface area (Å²) in [6.45, 7) is 1.76. The molecule has 0 radical (unpaired) electrons. The van der Waals surface area contributed by atoms with Gasteiger partial charge in [-0.2, -0.15) is 0 Å². The lowest BCUT2D eigenvalue weighted by atomic mass is 10.1. The van der Waals surface area contributed by atoms with Crippen molar-refractivity contribution in [2.24, 2.45) is 0 Å². The van der Waals surface area contributed by atoms with Crippen LogP contribution in [0, 0.1) is 12.7 Å². The first kappa shape index (κ1) is 13.7. The molecule has 0 N–H and O–H groups in total. The van der Waals surface area contributed by atoms with Gasteiger partial charge in [0.05, 0.1) is 0 Å². The summed E-state index contributed by atoms with van der Waals surface area (Å²) < 4.78 is 19.0. The van der Waals surface area contributed by atoms with E-state index in [1.54, 1.807) is 18.2 Å². The smallest absolute Gasteiger partial charge is 0.200 e. The Hall–Kier alpha value is -1.68. The van der Waals surface area contributed by atoms with Crippen LogP contribution < -0.4 is 4.74 Å². The van der Waals surface area contributed by atoms with E-state index in [2.05, 4.69) is 15.9 Å². The van der Waals surface area contributed by atoms with Crippen LogP contribution in [0.25, 0.3) is 0 Å². The lowest BCUT2D eigenvalue weighted by Gasteiger charge is -2.08. The number of hydrogen-bond donors (Lipinski definition) is 0. The average molecular weight is 323 g/mol. The zero-order chi connectivity index (χ0) is 13.8. The number of Topliss-reactive ketones (excluding diaryl/α,β-unsaturated/α-hetero) is 1. The van der Waals surface area contributed by atoms with Gasteiger partial charge in [0.2, 0.25) is 0 Å². The first-order chi connectivity index (χ1) is 9.06. The highest BCUT2D eigenvalue weighted by atomic mass is 79.9. The van der Waals surface area contributed by atoms with Crippen molar-refractivity contribution in [3.63, 3.8) is 0 Å². The molecule has 2 rings (SSSR count). The first-order valence-corrected chi connectivity index (χ1v) is 6.53. The highest BCUT2D eigenvalue weighted by molar-refractivity contribution is 9.10. The molecule has 0 heterocycles. The largest absolute Gasteiger partial charge is 0.485 e. The van der Waals surface area contributed by atoms with Gasteiger partial charge in [0.15, 0.2) is 12.4 Å². The molecule has 19 heavy (non-hydrogen) atoms. The van der Waals surface area contributed by atoms with Gasteiger partial charge in [-0.25, -0.2) is 4.39 Å². The zero-order valence-corrected chi connectivity index (χ0v) is 11.9. The first-order valence-electron chi connectivity index (χ1n) is 5.74. The van der Waals surface area contributed by atoms with E-state index in [1.165, 1.54) is 12.1 Å². The molecule has 0 bridgehead atoms. The quantitative estimate of drug-likeness (QED) is 0.790. The summed E-state index contributed by atoms with van der Waals surface area (Å²) in [6, 6.07) is 11.5. The fraction of sp³-hybridized carbons (Fsp3) is 0.133. The third-order valence-electron chi connectivity index (χ3n) is 2.65. The number of ketones is 1. The van der Waals surface area contributed by atoms with E-state index in [0.29, 0.717) is 15.8 Å². The number of hydrogen-bond acceptors (Lipinski definition) is 2. The molecule has 98 valence electrons. The summed E-state index contributed by atoms with van der Waals surface area (Å²) in [5, 5.41) is 0. The Labute approximate surface area is 119 Å². The molecular formula is C15H12BrFO2. The van der Waals surface area contributed by atoms with Gasteiger partial charge in [-0.05, 0) is 24.6 Å². The van der Waals surface area contributed by atoms with Crippen molar-refractivity contribution in [1.29, 1.82) is 0 Å². The van der Waals surface area contributed by atoms with Crippen LogP contribution >= 0.6 is 15.9 Å². The van der Waals surface area contributed by atoms with Crippen molar-refractivity contribution in [2.75, 3.05) is 6.61 Å². The van der Waals surface area contributed by atoms with Gasteiger partial charge < -0.3 is 4.74 Å². The molecule has 0 aliphatic rings. The normalized spacial score (nSPS) is 10.3. The lowest BCUT2D eigenvalue weighted by molar-refractivity contribution is 0.0920. The topological polar surface area (TPSA) is 26.3 Å². The molecule has 0 fully saturated rings. The van der Waals surface area contributed by atoms with Crippen molar-refractivity contribution >= 4 is 21.7 Å². The number of ether oxygens (including phenoxy) is 1.